The predicted molar refractivity (Wildman–Crippen MR) is 80.5 cm³/mol. The van der Waals surface area contributed by atoms with Crippen LogP contribution in [0.15, 0.2) is 35.5 Å². The number of carbonyl (C=O) groups is 2. The van der Waals surface area contributed by atoms with Crippen molar-refractivity contribution in [1.82, 2.24) is 9.97 Å². The van der Waals surface area contributed by atoms with Crippen LogP contribution in [0.25, 0.3) is 0 Å². The minimum Gasteiger partial charge on any atom is -0.324 e. The highest BCUT2D eigenvalue weighted by Gasteiger charge is 2.16. The van der Waals surface area contributed by atoms with Gasteiger partial charge in [-0.05, 0) is 25.1 Å². The van der Waals surface area contributed by atoms with E-state index in [1.165, 1.54) is 18.0 Å². The molecule has 0 bridgehead atoms. The van der Waals surface area contributed by atoms with E-state index in [-0.39, 0.29) is 17.5 Å². The molecule has 2 heterocycles. The number of aromatic nitrogens is 2. The van der Waals surface area contributed by atoms with Gasteiger partial charge in [0.2, 0.25) is 5.91 Å². The van der Waals surface area contributed by atoms with Crippen molar-refractivity contribution in [3.8, 4) is 0 Å². The second-order valence-corrected chi connectivity index (χ2v) is 5.56. The second-order valence-electron chi connectivity index (χ2n) is 4.54. The Labute approximate surface area is 125 Å². The van der Waals surface area contributed by atoms with Crippen LogP contribution in [-0.4, -0.2) is 27.5 Å². The van der Waals surface area contributed by atoms with Crippen molar-refractivity contribution in [2.45, 2.75) is 11.8 Å². The highest BCUT2D eigenvalue weighted by atomic mass is 32.2. The normalized spacial score (nSPS) is 13.3. The van der Waals surface area contributed by atoms with Crippen LogP contribution in [0.5, 0.6) is 0 Å². The Balaban J connectivity index is 1.79. The quantitative estimate of drug-likeness (QED) is 0.887. The summed E-state index contributed by atoms with van der Waals surface area (Å²) in [4.78, 5) is 32.5. The molecule has 0 aliphatic carbocycles. The molecule has 0 saturated heterocycles. The molecule has 3 rings (SSSR count). The maximum absolute atomic E-state index is 12.1. The first-order chi connectivity index (χ1) is 10.1. The van der Waals surface area contributed by atoms with Gasteiger partial charge in [-0.25, -0.2) is 4.98 Å². The summed E-state index contributed by atoms with van der Waals surface area (Å²) in [5.41, 5.74) is 2.31. The summed E-state index contributed by atoms with van der Waals surface area (Å²) < 4.78 is 0. The van der Waals surface area contributed by atoms with Gasteiger partial charge in [-0.2, -0.15) is 0 Å². The van der Waals surface area contributed by atoms with E-state index in [4.69, 9.17) is 0 Å². The smallest absolute Gasteiger partial charge is 0.275 e. The summed E-state index contributed by atoms with van der Waals surface area (Å²) in [7, 11) is 0. The number of aryl methyl sites for hydroxylation is 1. The molecule has 21 heavy (non-hydrogen) atoms. The molecule has 7 heteroatoms. The van der Waals surface area contributed by atoms with Gasteiger partial charge in [0.1, 0.15) is 5.69 Å². The number of anilines is 2. The number of rotatable bonds is 2. The zero-order valence-corrected chi connectivity index (χ0v) is 12.0. The summed E-state index contributed by atoms with van der Waals surface area (Å²) in [6, 6.07) is 5.40. The Hall–Kier alpha value is -2.41. The van der Waals surface area contributed by atoms with Crippen molar-refractivity contribution >= 4 is 35.0 Å². The largest absolute Gasteiger partial charge is 0.324 e. The lowest BCUT2D eigenvalue weighted by Gasteiger charge is -2.17. The molecule has 1 aromatic carbocycles. The highest BCUT2D eigenvalue weighted by Crippen LogP contribution is 2.33. The van der Waals surface area contributed by atoms with Crippen molar-refractivity contribution < 1.29 is 9.59 Å². The third-order valence-electron chi connectivity index (χ3n) is 2.88. The summed E-state index contributed by atoms with van der Waals surface area (Å²) >= 11 is 1.48. The molecule has 0 radical (unpaired) electrons. The number of fused-ring (bicyclic) bond motifs is 1. The van der Waals surface area contributed by atoms with E-state index in [9.17, 15) is 9.59 Å². The number of benzene rings is 1. The number of carbonyl (C=O) groups excluding carboxylic acids is 2. The number of nitrogens with zero attached hydrogens (tertiary/aromatic N) is 2. The fourth-order valence-corrected chi connectivity index (χ4v) is 2.65. The van der Waals surface area contributed by atoms with Crippen molar-refractivity contribution in [2.75, 3.05) is 16.4 Å². The Morgan fingerprint density at radius 2 is 2.19 bits per heavy atom. The van der Waals surface area contributed by atoms with Crippen LogP contribution in [0.3, 0.4) is 0 Å². The van der Waals surface area contributed by atoms with E-state index in [1.54, 1.807) is 25.3 Å². The molecule has 0 fully saturated rings. The molecule has 1 aromatic heterocycles. The van der Waals surface area contributed by atoms with Crippen LogP contribution in [0.1, 0.15) is 16.2 Å². The van der Waals surface area contributed by atoms with Crippen LogP contribution in [0, 0.1) is 6.92 Å². The minimum atomic E-state index is -0.336. The van der Waals surface area contributed by atoms with Crippen molar-refractivity contribution in [1.29, 1.82) is 0 Å². The standard InChI is InChI=1S/C14H12N4O2S/c1-8-5-16-11(6-15-8)14(20)17-9-2-3-12-10(4-9)18-13(19)7-21-12/h2-6H,7H2,1H3,(H,17,20)(H,18,19). The highest BCUT2D eigenvalue weighted by molar-refractivity contribution is 8.00. The Kier molecular flexibility index (Phi) is 3.57. The zero-order chi connectivity index (χ0) is 14.8. The third kappa shape index (κ3) is 3.03. The molecule has 2 N–H and O–H groups in total. The van der Waals surface area contributed by atoms with Crippen LogP contribution in [0.2, 0.25) is 0 Å². The lowest BCUT2D eigenvalue weighted by molar-refractivity contribution is -0.113. The Morgan fingerprint density at radius 1 is 1.33 bits per heavy atom. The summed E-state index contributed by atoms with van der Waals surface area (Å²) in [5, 5.41) is 5.52. The molecular weight excluding hydrogens is 288 g/mol. The summed E-state index contributed by atoms with van der Waals surface area (Å²) in [5.74, 6) is 0.0371. The van der Waals surface area contributed by atoms with Crippen molar-refractivity contribution in [3.05, 3.63) is 42.0 Å². The number of amides is 2. The number of hydrogen-bond acceptors (Lipinski definition) is 5. The predicted octanol–water partition coefficient (Wildman–Crippen LogP) is 2.08. The maximum atomic E-state index is 12.1. The fourth-order valence-electron chi connectivity index (χ4n) is 1.87. The first kappa shape index (κ1) is 13.6. The molecule has 1 aliphatic heterocycles. The van der Waals surface area contributed by atoms with E-state index >= 15 is 0 Å². The molecule has 1 aliphatic rings. The van der Waals surface area contributed by atoms with Gasteiger partial charge in [0.25, 0.3) is 5.91 Å². The van der Waals surface area contributed by atoms with Gasteiger partial charge in [-0.3, -0.25) is 14.6 Å². The van der Waals surface area contributed by atoms with Crippen molar-refractivity contribution in [3.63, 3.8) is 0 Å². The Bertz CT molecular complexity index is 715. The summed E-state index contributed by atoms with van der Waals surface area (Å²) in [6.45, 7) is 1.80. The average molecular weight is 300 g/mol. The molecule has 0 spiro atoms. The van der Waals surface area contributed by atoms with Gasteiger partial charge in [-0.15, -0.1) is 11.8 Å². The SMILES string of the molecule is Cc1cnc(C(=O)Nc2ccc3c(c2)NC(=O)CS3)cn1. The molecule has 106 valence electrons. The summed E-state index contributed by atoms with van der Waals surface area (Å²) in [6.07, 6.45) is 2.97. The zero-order valence-electron chi connectivity index (χ0n) is 11.2. The number of nitrogens with one attached hydrogen (secondary N) is 2. The maximum Gasteiger partial charge on any atom is 0.275 e. The molecule has 0 saturated carbocycles. The first-order valence-corrected chi connectivity index (χ1v) is 7.27. The van der Waals surface area contributed by atoms with Crippen LogP contribution >= 0.6 is 11.8 Å². The van der Waals surface area contributed by atoms with Gasteiger partial charge in [-0.1, -0.05) is 0 Å². The molecule has 0 atom stereocenters. The van der Waals surface area contributed by atoms with Gasteiger partial charge < -0.3 is 10.6 Å². The fraction of sp³-hybridized carbons (Fsp3) is 0.143. The molecular formula is C14H12N4O2S. The van der Waals surface area contributed by atoms with E-state index in [0.717, 1.165) is 10.6 Å². The van der Waals surface area contributed by atoms with Gasteiger partial charge in [0.15, 0.2) is 0 Å². The van der Waals surface area contributed by atoms with Gasteiger partial charge in [0.05, 0.1) is 23.3 Å². The second kappa shape index (κ2) is 5.53. The number of thioether (sulfide) groups is 1. The van der Waals surface area contributed by atoms with E-state index < -0.39 is 0 Å². The van der Waals surface area contributed by atoms with E-state index in [0.29, 0.717) is 17.1 Å². The first-order valence-electron chi connectivity index (χ1n) is 6.28. The topological polar surface area (TPSA) is 84.0 Å². The average Bonchev–Trinajstić information content (AvgIpc) is 2.47. The molecule has 2 amide bonds. The lowest BCUT2D eigenvalue weighted by Crippen LogP contribution is -2.19. The van der Waals surface area contributed by atoms with E-state index in [1.807, 2.05) is 6.07 Å². The van der Waals surface area contributed by atoms with Crippen LogP contribution in [0.4, 0.5) is 11.4 Å². The van der Waals surface area contributed by atoms with Gasteiger partial charge in [0, 0.05) is 16.8 Å². The third-order valence-corrected chi connectivity index (χ3v) is 3.96. The molecule has 0 unspecified atom stereocenters. The minimum absolute atomic E-state index is 0.0413. The van der Waals surface area contributed by atoms with Crippen LogP contribution in [-0.2, 0) is 4.79 Å². The lowest BCUT2D eigenvalue weighted by atomic mass is 10.2. The van der Waals surface area contributed by atoms with E-state index in [2.05, 4.69) is 20.6 Å². The van der Waals surface area contributed by atoms with Gasteiger partial charge >= 0.3 is 0 Å². The molecule has 6 nitrogen and oxygen atoms in total. The Morgan fingerprint density at radius 3 is 2.95 bits per heavy atom. The number of hydrogen-bond donors (Lipinski definition) is 2. The van der Waals surface area contributed by atoms with Crippen LogP contribution < -0.4 is 10.6 Å². The monoisotopic (exact) mass is 300 g/mol. The molecule has 2 aromatic rings. The van der Waals surface area contributed by atoms with Crippen molar-refractivity contribution in [2.24, 2.45) is 0 Å².